The maximum Gasteiger partial charge on any atom is 0.227 e. The lowest BCUT2D eigenvalue weighted by Crippen LogP contribution is -2.51. The van der Waals surface area contributed by atoms with Gasteiger partial charge in [0.2, 0.25) is 5.91 Å². The van der Waals surface area contributed by atoms with Gasteiger partial charge in [-0.05, 0) is 38.8 Å². The van der Waals surface area contributed by atoms with Gasteiger partial charge in [-0.3, -0.25) is 4.79 Å². The summed E-state index contributed by atoms with van der Waals surface area (Å²) < 4.78 is 0. The summed E-state index contributed by atoms with van der Waals surface area (Å²) >= 11 is 0. The van der Waals surface area contributed by atoms with E-state index in [2.05, 4.69) is 10.2 Å². The highest BCUT2D eigenvalue weighted by atomic mass is 16.2. The van der Waals surface area contributed by atoms with Crippen LogP contribution in [0.4, 0.5) is 0 Å². The number of rotatable bonds is 5. The van der Waals surface area contributed by atoms with Crippen LogP contribution in [0, 0.1) is 5.41 Å². The van der Waals surface area contributed by atoms with E-state index in [0.29, 0.717) is 6.54 Å². The van der Waals surface area contributed by atoms with E-state index >= 15 is 0 Å². The molecule has 0 unspecified atom stereocenters. The van der Waals surface area contributed by atoms with E-state index in [1.807, 2.05) is 0 Å². The molecular weight excluding hydrogens is 226 g/mol. The van der Waals surface area contributed by atoms with Crippen molar-refractivity contribution >= 4 is 5.91 Å². The first-order valence-corrected chi connectivity index (χ1v) is 7.48. The van der Waals surface area contributed by atoms with E-state index in [1.165, 1.54) is 38.8 Å². The Kier molecular flexibility index (Phi) is 5.01. The SMILES string of the molecule is NCC1(C(=O)NCCN2CCCCCC2)CCC1. The van der Waals surface area contributed by atoms with E-state index in [0.717, 1.165) is 32.4 Å². The summed E-state index contributed by atoms with van der Waals surface area (Å²) in [7, 11) is 0. The van der Waals surface area contributed by atoms with Crippen LogP contribution in [0.25, 0.3) is 0 Å². The van der Waals surface area contributed by atoms with Crippen LogP contribution < -0.4 is 11.1 Å². The largest absolute Gasteiger partial charge is 0.354 e. The van der Waals surface area contributed by atoms with Crippen molar-refractivity contribution in [1.82, 2.24) is 10.2 Å². The highest BCUT2D eigenvalue weighted by Gasteiger charge is 2.42. The molecule has 3 N–H and O–H groups in total. The first-order chi connectivity index (χ1) is 8.77. The molecule has 1 saturated carbocycles. The summed E-state index contributed by atoms with van der Waals surface area (Å²) in [6, 6.07) is 0. The highest BCUT2D eigenvalue weighted by molar-refractivity contribution is 5.83. The smallest absolute Gasteiger partial charge is 0.227 e. The number of carbonyl (C=O) groups is 1. The minimum absolute atomic E-state index is 0.186. The number of amides is 1. The molecule has 104 valence electrons. The molecule has 2 rings (SSSR count). The van der Waals surface area contributed by atoms with Crippen molar-refractivity contribution in [2.45, 2.75) is 44.9 Å². The minimum Gasteiger partial charge on any atom is -0.354 e. The molecule has 4 nitrogen and oxygen atoms in total. The van der Waals surface area contributed by atoms with Crippen molar-refractivity contribution in [2.24, 2.45) is 11.1 Å². The average molecular weight is 253 g/mol. The van der Waals surface area contributed by atoms with E-state index in [1.54, 1.807) is 0 Å². The molecule has 4 heteroatoms. The van der Waals surface area contributed by atoms with Crippen LogP contribution in [-0.4, -0.2) is 43.5 Å². The standard InChI is InChI=1S/C14H27N3O/c15-12-14(6-5-7-14)13(18)16-8-11-17-9-3-1-2-4-10-17/h1-12,15H2,(H,16,18). The van der Waals surface area contributed by atoms with Crippen molar-refractivity contribution in [3.05, 3.63) is 0 Å². The van der Waals surface area contributed by atoms with Crippen molar-refractivity contribution in [2.75, 3.05) is 32.7 Å². The number of hydrogen-bond acceptors (Lipinski definition) is 3. The third-order valence-electron chi connectivity index (χ3n) is 4.60. The molecule has 0 aromatic heterocycles. The van der Waals surface area contributed by atoms with E-state index in [4.69, 9.17) is 5.73 Å². The fourth-order valence-corrected chi connectivity index (χ4v) is 3.00. The molecule has 0 aromatic rings. The maximum atomic E-state index is 12.1. The van der Waals surface area contributed by atoms with Crippen LogP contribution in [0.2, 0.25) is 0 Å². The Balaban J connectivity index is 1.66. The highest BCUT2D eigenvalue weighted by Crippen LogP contribution is 2.39. The predicted octanol–water partition coefficient (Wildman–Crippen LogP) is 1.11. The predicted molar refractivity (Wildman–Crippen MR) is 73.3 cm³/mol. The Morgan fingerprint density at radius 3 is 2.28 bits per heavy atom. The molecule has 2 aliphatic rings. The molecule has 0 atom stereocenters. The zero-order valence-corrected chi connectivity index (χ0v) is 11.4. The van der Waals surface area contributed by atoms with Gasteiger partial charge in [0, 0.05) is 19.6 Å². The van der Waals surface area contributed by atoms with Gasteiger partial charge in [-0.1, -0.05) is 19.3 Å². The van der Waals surface area contributed by atoms with E-state index in [9.17, 15) is 4.79 Å². The summed E-state index contributed by atoms with van der Waals surface area (Å²) in [6.45, 7) is 4.66. The summed E-state index contributed by atoms with van der Waals surface area (Å²) in [5, 5.41) is 3.08. The Hall–Kier alpha value is -0.610. The fourth-order valence-electron chi connectivity index (χ4n) is 3.00. The summed E-state index contributed by atoms with van der Waals surface area (Å²) in [5.74, 6) is 0.186. The zero-order chi connectivity index (χ0) is 12.8. The monoisotopic (exact) mass is 253 g/mol. The van der Waals surface area contributed by atoms with Crippen LogP contribution in [0.1, 0.15) is 44.9 Å². The Morgan fingerprint density at radius 1 is 1.11 bits per heavy atom. The molecule has 2 fully saturated rings. The quantitative estimate of drug-likeness (QED) is 0.771. The second-order valence-corrected chi connectivity index (χ2v) is 5.85. The molecule has 0 aromatic carbocycles. The van der Waals surface area contributed by atoms with Crippen molar-refractivity contribution in [3.63, 3.8) is 0 Å². The second-order valence-electron chi connectivity index (χ2n) is 5.85. The fraction of sp³-hybridized carbons (Fsp3) is 0.929. The van der Waals surface area contributed by atoms with Gasteiger partial charge in [-0.2, -0.15) is 0 Å². The van der Waals surface area contributed by atoms with Gasteiger partial charge < -0.3 is 16.0 Å². The molecule has 1 heterocycles. The summed E-state index contributed by atoms with van der Waals surface area (Å²) in [5.41, 5.74) is 5.51. The molecule has 1 amide bonds. The number of carbonyl (C=O) groups excluding carboxylic acids is 1. The van der Waals surface area contributed by atoms with Gasteiger partial charge in [0.05, 0.1) is 5.41 Å². The number of nitrogens with zero attached hydrogens (tertiary/aromatic N) is 1. The van der Waals surface area contributed by atoms with Crippen LogP contribution >= 0.6 is 0 Å². The molecule has 18 heavy (non-hydrogen) atoms. The van der Waals surface area contributed by atoms with Gasteiger partial charge in [-0.25, -0.2) is 0 Å². The lowest BCUT2D eigenvalue weighted by molar-refractivity contribution is -0.135. The van der Waals surface area contributed by atoms with E-state index in [-0.39, 0.29) is 11.3 Å². The molecule has 1 saturated heterocycles. The zero-order valence-electron chi connectivity index (χ0n) is 11.4. The van der Waals surface area contributed by atoms with Crippen molar-refractivity contribution in [1.29, 1.82) is 0 Å². The average Bonchev–Trinajstić information content (AvgIpc) is 2.57. The molecule has 0 radical (unpaired) electrons. The molecule has 1 aliphatic carbocycles. The van der Waals surface area contributed by atoms with Crippen molar-refractivity contribution in [3.8, 4) is 0 Å². The van der Waals surface area contributed by atoms with Crippen LogP contribution in [0.3, 0.4) is 0 Å². The Bertz CT molecular complexity index is 263. The lowest BCUT2D eigenvalue weighted by Gasteiger charge is -2.39. The minimum atomic E-state index is -0.223. The Labute approximate surface area is 110 Å². The third kappa shape index (κ3) is 3.23. The van der Waals surface area contributed by atoms with Gasteiger partial charge in [0.1, 0.15) is 0 Å². The normalized spacial score (nSPS) is 24.1. The number of nitrogens with two attached hydrogens (primary N) is 1. The van der Waals surface area contributed by atoms with Gasteiger partial charge >= 0.3 is 0 Å². The summed E-state index contributed by atoms with van der Waals surface area (Å²) in [4.78, 5) is 14.6. The number of hydrogen-bond donors (Lipinski definition) is 2. The van der Waals surface area contributed by atoms with Crippen LogP contribution in [0.5, 0.6) is 0 Å². The van der Waals surface area contributed by atoms with Crippen LogP contribution in [-0.2, 0) is 4.79 Å². The topological polar surface area (TPSA) is 58.4 Å². The number of likely N-dealkylation sites (tertiary alicyclic amines) is 1. The van der Waals surface area contributed by atoms with Gasteiger partial charge in [0.15, 0.2) is 0 Å². The first kappa shape index (κ1) is 13.8. The molecule has 0 spiro atoms. The van der Waals surface area contributed by atoms with Crippen molar-refractivity contribution < 1.29 is 4.79 Å². The second kappa shape index (κ2) is 6.53. The summed E-state index contributed by atoms with van der Waals surface area (Å²) in [6.07, 6.45) is 8.43. The van der Waals surface area contributed by atoms with E-state index < -0.39 is 0 Å². The third-order valence-corrected chi connectivity index (χ3v) is 4.60. The van der Waals surface area contributed by atoms with Gasteiger partial charge in [0.25, 0.3) is 0 Å². The molecule has 0 bridgehead atoms. The molecular formula is C14H27N3O. The number of nitrogens with one attached hydrogen (secondary N) is 1. The maximum absolute atomic E-state index is 12.1. The lowest BCUT2D eigenvalue weighted by atomic mass is 9.68. The van der Waals surface area contributed by atoms with Gasteiger partial charge in [-0.15, -0.1) is 0 Å². The Morgan fingerprint density at radius 2 is 1.78 bits per heavy atom. The molecule has 1 aliphatic heterocycles. The first-order valence-electron chi connectivity index (χ1n) is 7.48. The van der Waals surface area contributed by atoms with Crippen LogP contribution in [0.15, 0.2) is 0 Å².